The minimum absolute atomic E-state index is 0.186. The third kappa shape index (κ3) is 3.85. The fourth-order valence-corrected chi connectivity index (χ4v) is 2.53. The lowest BCUT2D eigenvalue weighted by Crippen LogP contribution is -2.43. The molecule has 1 heterocycles. The normalized spacial score (nSPS) is 10.4. The number of halogens is 1. The molecule has 3 rings (SSSR count). The predicted molar refractivity (Wildman–Crippen MR) is 98.6 cm³/mol. The minimum atomic E-state index is -0.443. The van der Waals surface area contributed by atoms with Gasteiger partial charge in [0, 0.05) is 20.7 Å². The molecule has 0 aliphatic heterocycles. The third-order valence-corrected chi connectivity index (χ3v) is 4.05. The summed E-state index contributed by atoms with van der Waals surface area (Å²) >= 11 is 2.18. The summed E-state index contributed by atoms with van der Waals surface area (Å²) in [4.78, 5) is 26.9. The topological polar surface area (TPSA) is 83.2 Å². The number of para-hydroxylation sites is 1. The SMILES string of the molecule is O=C(COc1ccc(I)cc1)NNC(=O)c1c[nH]c2ccccc12. The van der Waals surface area contributed by atoms with Crippen LogP contribution in [0, 0.1) is 3.57 Å². The van der Waals surface area contributed by atoms with E-state index >= 15 is 0 Å². The molecule has 0 saturated heterocycles. The highest BCUT2D eigenvalue weighted by molar-refractivity contribution is 14.1. The number of nitrogens with one attached hydrogen (secondary N) is 3. The Balaban J connectivity index is 1.52. The lowest BCUT2D eigenvalue weighted by molar-refractivity contribution is -0.123. The van der Waals surface area contributed by atoms with Gasteiger partial charge < -0.3 is 9.72 Å². The number of benzene rings is 2. The van der Waals surface area contributed by atoms with Crippen LogP contribution in [0.25, 0.3) is 10.9 Å². The van der Waals surface area contributed by atoms with Crippen molar-refractivity contribution < 1.29 is 14.3 Å². The number of fused-ring (bicyclic) bond motifs is 1. The largest absolute Gasteiger partial charge is 0.484 e. The van der Waals surface area contributed by atoms with Crippen LogP contribution in [0.5, 0.6) is 5.75 Å². The molecule has 2 aromatic carbocycles. The summed E-state index contributed by atoms with van der Waals surface area (Å²) < 4.78 is 6.42. The van der Waals surface area contributed by atoms with Crippen molar-refractivity contribution in [3.63, 3.8) is 0 Å². The number of rotatable bonds is 4. The molecule has 122 valence electrons. The molecule has 24 heavy (non-hydrogen) atoms. The van der Waals surface area contributed by atoms with Gasteiger partial charge in [-0.1, -0.05) is 18.2 Å². The number of carbonyl (C=O) groups excluding carboxylic acids is 2. The minimum Gasteiger partial charge on any atom is -0.484 e. The first kappa shape index (κ1) is 16.3. The van der Waals surface area contributed by atoms with Gasteiger partial charge in [-0.2, -0.15) is 0 Å². The fraction of sp³-hybridized carbons (Fsp3) is 0.0588. The number of hydrogen-bond acceptors (Lipinski definition) is 3. The first-order chi connectivity index (χ1) is 11.6. The van der Waals surface area contributed by atoms with Crippen molar-refractivity contribution in [1.29, 1.82) is 0 Å². The van der Waals surface area contributed by atoms with E-state index in [1.54, 1.807) is 18.3 Å². The molecule has 0 spiro atoms. The van der Waals surface area contributed by atoms with Crippen LogP contribution in [0.15, 0.2) is 54.7 Å². The molecule has 6 nitrogen and oxygen atoms in total. The maximum atomic E-state index is 12.1. The highest BCUT2D eigenvalue weighted by atomic mass is 127. The lowest BCUT2D eigenvalue weighted by atomic mass is 10.2. The van der Waals surface area contributed by atoms with E-state index < -0.39 is 11.8 Å². The Bertz CT molecular complexity index is 874. The summed E-state index contributed by atoms with van der Waals surface area (Å²) in [5.41, 5.74) is 6.04. The molecule has 0 aliphatic rings. The molecule has 2 amide bonds. The van der Waals surface area contributed by atoms with Crippen LogP contribution < -0.4 is 15.6 Å². The lowest BCUT2D eigenvalue weighted by Gasteiger charge is -2.08. The molecule has 0 saturated carbocycles. The van der Waals surface area contributed by atoms with Crippen molar-refractivity contribution in [3.8, 4) is 5.75 Å². The van der Waals surface area contributed by atoms with Crippen LogP contribution in [0.3, 0.4) is 0 Å². The van der Waals surface area contributed by atoms with Crippen molar-refractivity contribution in [1.82, 2.24) is 15.8 Å². The molecular formula is C17H14IN3O3. The number of hydrazine groups is 1. The van der Waals surface area contributed by atoms with Crippen LogP contribution in [-0.4, -0.2) is 23.4 Å². The van der Waals surface area contributed by atoms with Gasteiger partial charge in [0.1, 0.15) is 5.75 Å². The molecule has 0 unspecified atom stereocenters. The third-order valence-electron chi connectivity index (χ3n) is 3.33. The molecular weight excluding hydrogens is 421 g/mol. The maximum Gasteiger partial charge on any atom is 0.276 e. The van der Waals surface area contributed by atoms with Gasteiger partial charge in [0.25, 0.3) is 11.8 Å². The monoisotopic (exact) mass is 435 g/mol. The first-order valence-corrected chi connectivity index (χ1v) is 8.25. The molecule has 3 N–H and O–H groups in total. The predicted octanol–water partition coefficient (Wildman–Crippen LogP) is 2.61. The second-order valence-corrected chi connectivity index (χ2v) is 6.24. The molecule has 3 aromatic rings. The second-order valence-electron chi connectivity index (χ2n) is 4.99. The van der Waals surface area contributed by atoms with Crippen molar-refractivity contribution in [3.05, 3.63) is 63.9 Å². The van der Waals surface area contributed by atoms with Gasteiger partial charge in [-0.25, -0.2) is 0 Å². The van der Waals surface area contributed by atoms with Gasteiger partial charge in [0.15, 0.2) is 6.61 Å². The number of ether oxygens (including phenoxy) is 1. The zero-order chi connectivity index (χ0) is 16.9. The van der Waals surface area contributed by atoms with Gasteiger partial charge in [0.05, 0.1) is 5.56 Å². The Kier molecular flexibility index (Phi) is 4.99. The Morgan fingerprint density at radius 1 is 1.04 bits per heavy atom. The Labute approximate surface area is 151 Å². The summed E-state index contributed by atoms with van der Waals surface area (Å²) in [5.74, 6) is -0.245. The zero-order valence-corrected chi connectivity index (χ0v) is 14.7. The van der Waals surface area contributed by atoms with Gasteiger partial charge in [-0.15, -0.1) is 0 Å². The molecule has 0 aliphatic carbocycles. The first-order valence-electron chi connectivity index (χ1n) is 7.17. The van der Waals surface area contributed by atoms with E-state index in [4.69, 9.17) is 4.74 Å². The Morgan fingerprint density at radius 3 is 2.58 bits per heavy atom. The van der Waals surface area contributed by atoms with Crippen LogP contribution in [0.1, 0.15) is 10.4 Å². The van der Waals surface area contributed by atoms with Crippen LogP contribution in [-0.2, 0) is 4.79 Å². The van der Waals surface area contributed by atoms with Crippen molar-refractivity contribution >= 4 is 45.3 Å². The van der Waals surface area contributed by atoms with E-state index in [0.717, 1.165) is 14.5 Å². The Morgan fingerprint density at radius 2 is 1.79 bits per heavy atom. The molecule has 1 aromatic heterocycles. The number of carbonyl (C=O) groups is 2. The van der Waals surface area contributed by atoms with Gasteiger partial charge in [-0.3, -0.25) is 20.4 Å². The van der Waals surface area contributed by atoms with Gasteiger partial charge in [0.2, 0.25) is 0 Å². The standard InChI is InChI=1S/C17H14IN3O3/c18-11-5-7-12(8-6-11)24-10-16(22)20-21-17(23)14-9-19-15-4-2-1-3-13(14)15/h1-9,19H,10H2,(H,20,22)(H,21,23). The van der Waals surface area contributed by atoms with Gasteiger partial charge >= 0.3 is 0 Å². The average Bonchev–Trinajstić information content (AvgIpc) is 3.03. The number of H-pyrrole nitrogens is 1. The number of hydrogen-bond donors (Lipinski definition) is 3. The van der Waals surface area contributed by atoms with Crippen molar-refractivity contribution in [2.45, 2.75) is 0 Å². The second kappa shape index (κ2) is 7.35. The molecule has 0 bridgehead atoms. The highest BCUT2D eigenvalue weighted by Crippen LogP contribution is 2.17. The molecule has 7 heteroatoms. The fourth-order valence-electron chi connectivity index (χ4n) is 2.17. The van der Waals surface area contributed by atoms with E-state index in [0.29, 0.717) is 11.3 Å². The maximum absolute atomic E-state index is 12.1. The summed E-state index contributed by atoms with van der Waals surface area (Å²) in [6, 6.07) is 14.8. The van der Waals surface area contributed by atoms with E-state index in [9.17, 15) is 9.59 Å². The summed E-state index contributed by atoms with van der Waals surface area (Å²) in [5, 5.41) is 0.791. The number of amides is 2. The zero-order valence-electron chi connectivity index (χ0n) is 12.5. The van der Waals surface area contributed by atoms with Crippen LogP contribution in [0.4, 0.5) is 0 Å². The Hall–Kier alpha value is -2.55. The molecule has 0 fully saturated rings. The van der Waals surface area contributed by atoms with E-state index in [1.807, 2.05) is 36.4 Å². The van der Waals surface area contributed by atoms with E-state index in [1.165, 1.54) is 0 Å². The van der Waals surface area contributed by atoms with Crippen LogP contribution in [0.2, 0.25) is 0 Å². The van der Waals surface area contributed by atoms with Gasteiger partial charge in [-0.05, 0) is 52.9 Å². The summed E-state index contributed by atoms with van der Waals surface area (Å²) in [6.07, 6.45) is 1.61. The summed E-state index contributed by atoms with van der Waals surface area (Å²) in [6.45, 7) is -0.186. The smallest absolute Gasteiger partial charge is 0.276 e. The molecule has 0 radical (unpaired) electrons. The van der Waals surface area contributed by atoms with Crippen molar-refractivity contribution in [2.24, 2.45) is 0 Å². The number of aromatic nitrogens is 1. The molecule has 0 atom stereocenters. The quantitative estimate of drug-likeness (QED) is 0.435. The van der Waals surface area contributed by atoms with Crippen molar-refractivity contribution in [2.75, 3.05) is 6.61 Å². The van der Waals surface area contributed by atoms with E-state index in [-0.39, 0.29) is 6.61 Å². The number of aromatic amines is 1. The average molecular weight is 435 g/mol. The highest BCUT2D eigenvalue weighted by Gasteiger charge is 2.12. The summed E-state index contributed by atoms with van der Waals surface area (Å²) in [7, 11) is 0. The van der Waals surface area contributed by atoms with Crippen LogP contribution >= 0.6 is 22.6 Å². The van der Waals surface area contributed by atoms with E-state index in [2.05, 4.69) is 38.4 Å².